The van der Waals surface area contributed by atoms with Crippen molar-refractivity contribution in [3.63, 3.8) is 0 Å². The van der Waals surface area contributed by atoms with Crippen molar-refractivity contribution in [1.29, 1.82) is 0 Å². The highest BCUT2D eigenvalue weighted by Gasteiger charge is 2.70. The number of halogens is 2. The zero-order valence-electron chi connectivity index (χ0n) is 19.3. The average molecular weight is 515 g/mol. The number of benzene rings is 3. The molecule has 3 amide bonds. The number of anilines is 2. The molecule has 7 nitrogen and oxygen atoms in total. The van der Waals surface area contributed by atoms with Gasteiger partial charge in [0, 0.05) is 28.7 Å². The second-order valence-corrected chi connectivity index (χ2v) is 10.1. The maximum absolute atomic E-state index is 14.0. The number of fused-ring (bicyclic) bond motifs is 5. The minimum Gasteiger partial charge on any atom is -0.361 e. The number of nitrogens with one attached hydrogen (secondary N) is 3. The normalized spacial score (nSPS) is 26.3. The van der Waals surface area contributed by atoms with E-state index in [0.717, 1.165) is 21.4 Å². The lowest BCUT2D eigenvalue weighted by Crippen LogP contribution is -2.53. The lowest BCUT2D eigenvalue weighted by Gasteiger charge is -2.29. The van der Waals surface area contributed by atoms with E-state index in [1.165, 1.54) is 24.3 Å². The highest BCUT2D eigenvalue weighted by atomic mass is 35.5. The standard InChI is InChI=1S/C28H20ClFN4O3/c29-19-6-3-5-18-24(19)32-27(37)28(18)23-22(25(35)34(26(23)36)16-10-8-15(30)9-11-16)21(33-28)12-14-13-31-20-7-2-1-4-17(14)20/h1-11,13,21-23,31,33H,12H2,(H,32,37)/t21-,22+,23-,28+/m0/s1. The van der Waals surface area contributed by atoms with Gasteiger partial charge in [0.05, 0.1) is 28.2 Å². The van der Waals surface area contributed by atoms with Gasteiger partial charge in [0.15, 0.2) is 0 Å². The van der Waals surface area contributed by atoms with Crippen LogP contribution in [0, 0.1) is 17.7 Å². The van der Waals surface area contributed by atoms with Crippen LogP contribution < -0.4 is 15.5 Å². The Morgan fingerprint density at radius 2 is 1.73 bits per heavy atom. The fourth-order valence-corrected chi connectivity index (χ4v) is 6.57. The van der Waals surface area contributed by atoms with E-state index in [1.807, 2.05) is 30.5 Å². The molecule has 4 aromatic rings. The summed E-state index contributed by atoms with van der Waals surface area (Å²) >= 11 is 6.42. The number of hydrogen-bond acceptors (Lipinski definition) is 4. The topological polar surface area (TPSA) is 94.3 Å². The summed E-state index contributed by atoms with van der Waals surface area (Å²) in [4.78, 5) is 45.9. The van der Waals surface area contributed by atoms with Gasteiger partial charge in [0.1, 0.15) is 11.4 Å². The molecule has 9 heteroatoms. The number of carbonyl (C=O) groups excluding carboxylic acids is 3. The minimum atomic E-state index is -1.47. The van der Waals surface area contributed by atoms with Crippen molar-refractivity contribution in [3.05, 3.63) is 94.9 Å². The molecule has 0 radical (unpaired) electrons. The van der Waals surface area contributed by atoms with Crippen LogP contribution in [0.25, 0.3) is 10.9 Å². The molecule has 1 spiro atoms. The first kappa shape index (κ1) is 22.2. The van der Waals surface area contributed by atoms with Gasteiger partial charge in [-0.1, -0.05) is 41.9 Å². The van der Waals surface area contributed by atoms with Gasteiger partial charge in [0.25, 0.3) is 0 Å². The molecule has 3 aromatic carbocycles. The van der Waals surface area contributed by atoms with Crippen LogP contribution >= 0.6 is 11.6 Å². The molecule has 7 rings (SSSR count). The number of hydrogen-bond donors (Lipinski definition) is 3. The molecule has 184 valence electrons. The Labute approximate surface area is 215 Å². The molecule has 4 heterocycles. The molecule has 3 N–H and O–H groups in total. The van der Waals surface area contributed by atoms with Crippen molar-refractivity contribution >= 4 is 51.6 Å². The second kappa shape index (κ2) is 7.74. The smallest absolute Gasteiger partial charge is 0.250 e. The summed E-state index contributed by atoms with van der Waals surface area (Å²) in [6.45, 7) is 0. The molecule has 0 saturated carbocycles. The molecule has 0 bridgehead atoms. The lowest BCUT2D eigenvalue weighted by atomic mass is 9.76. The van der Waals surface area contributed by atoms with Crippen molar-refractivity contribution in [3.8, 4) is 0 Å². The van der Waals surface area contributed by atoms with E-state index in [1.54, 1.807) is 18.2 Å². The lowest BCUT2D eigenvalue weighted by molar-refractivity contribution is -0.130. The summed E-state index contributed by atoms with van der Waals surface area (Å²) < 4.78 is 13.6. The molecule has 0 unspecified atom stereocenters. The van der Waals surface area contributed by atoms with E-state index >= 15 is 0 Å². The molecule has 2 fully saturated rings. The Bertz CT molecular complexity index is 1630. The third kappa shape index (κ3) is 2.94. The van der Waals surface area contributed by atoms with Crippen LogP contribution in [0.1, 0.15) is 11.1 Å². The fourth-order valence-electron chi connectivity index (χ4n) is 6.35. The Kier molecular flexibility index (Phi) is 4.65. The molecule has 37 heavy (non-hydrogen) atoms. The number of nitrogens with zero attached hydrogens (tertiary/aromatic N) is 1. The van der Waals surface area contributed by atoms with Crippen LogP contribution in [0.4, 0.5) is 15.8 Å². The summed E-state index contributed by atoms with van der Waals surface area (Å²) in [7, 11) is 0. The zero-order valence-corrected chi connectivity index (χ0v) is 20.1. The first-order valence-electron chi connectivity index (χ1n) is 12.0. The number of amides is 3. The Morgan fingerprint density at radius 3 is 2.54 bits per heavy atom. The van der Waals surface area contributed by atoms with Crippen molar-refractivity contribution in [2.45, 2.75) is 18.0 Å². The van der Waals surface area contributed by atoms with Crippen molar-refractivity contribution in [1.82, 2.24) is 10.3 Å². The predicted molar refractivity (Wildman–Crippen MR) is 137 cm³/mol. The quantitative estimate of drug-likeness (QED) is 0.358. The molecule has 1 aromatic heterocycles. The molecular weight excluding hydrogens is 495 g/mol. The number of H-pyrrole nitrogens is 1. The Hall–Kier alpha value is -4.01. The van der Waals surface area contributed by atoms with E-state index < -0.39 is 47.0 Å². The van der Waals surface area contributed by atoms with E-state index in [-0.39, 0.29) is 5.69 Å². The van der Waals surface area contributed by atoms with Crippen molar-refractivity contribution in [2.75, 3.05) is 10.2 Å². The minimum absolute atomic E-state index is 0.275. The van der Waals surface area contributed by atoms with Crippen molar-refractivity contribution in [2.24, 2.45) is 11.8 Å². The maximum Gasteiger partial charge on any atom is 0.250 e. The van der Waals surface area contributed by atoms with Crippen LogP contribution in [0.3, 0.4) is 0 Å². The average Bonchev–Trinajstić information content (AvgIpc) is 3.60. The van der Waals surface area contributed by atoms with Gasteiger partial charge in [-0.3, -0.25) is 19.7 Å². The molecule has 0 aliphatic carbocycles. The van der Waals surface area contributed by atoms with Crippen LogP contribution in [0.15, 0.2) is 72.9 Å². The number of para-hydroxylation sites is 2. The van der Waals surface area contributed by atoms with Crippen LogP contribution in [0.5, 0.6) is 0 Å². The summed E-state index contributed by atoms with van der Waals surface area (Å²) in [5.41, 5.74) is 1.71. The maximum atomic E-state index is 14.0. The second-order valence-electron chi connectivity index (χ2n) is 9.73. The van der Waals surface area contributed by atoms with Gasteiger partial charge in [-0.2, -0.15) is 0 Å². The van der Waals surface area contributed by atoms with Gasteiger partial charge in [-0.25, -0.2) is 9.29 Å². The van der Waals surface area contributed by atoms with E-state index in [0.29, 0.717) is 22.7 Å². The highest BCUT2D eigenvalue weighted by Crippen LogP contribution is 2.55. The Balaban J connectivity index is 1.39. The first-order chi connectivity index (χ1) is 17.9. The predicted octanol–water partition coefficient (Wildman–Crippen LogP) is 4.13. The van der Waals surface area contributed by atoms with Crippen LogP contribution in [-0.4, -0.2) is 28.7 Å². The summed E-state index contributed by atoms with van der Waals surface area (Å²) in [5.74, 6) is -3.63. The molecule has 4 atom stereocenters. The number of aromatic nitrogens is 1. The summed E-state index contributed by atoms with van der Waals surface area (Å²) in [5, 5.41) is 7.64. The summed E-state index contributed by atoms with van der Waals surface area (Å²) in [6, 6.07) is 17.7. The first-order valence-corrected chi connectivity index (χ1v) is 12.3. The van der Waals surface area contributed by atoms with Crippen LogP contribution in [-0.2, 0) is 26.3 Å². The SMILES string of the molecule is O=C1[C@@H]2[C@H](Cc3c[nH]c4ccccc34)N[C@@]3(C(=O)Nc4c(Cl)cccc43)[C@@H]2C(=O)N1c1ccc(F)cc1. The van der Waals surface area contributed by atoms with E-state index in [2.05, 4.69) is 15.6 Å². The number of imide groups is 1. The van der Waals surface area contributed by atoms with Crippen LogP contribution in [0.2, 0.25) is 5.02 Å². The van der Waals surface area contributed by atoms with E-state index in [9.17, 15) is 18.8 Å². The number of carbonyl (C=O) groups is 3. The fraction of sp³-hybridized carbons (Fsp3) is 0.179. The highest BCUT2D eigenvalue weighted by molar-refractivity contribution is 6.35. The molecular formula is C28H20ClFN4O3. The van der Waals surface area contributed by atoms with Gasteiger partial charge in [-0.05, 0) is 48.4 Å². The third-order valence-corrected chi connectivity index (χ3v) is 8.21. The van der Waals surface area contributed by atoms with Gasteiger partial charge < -0.3 is 10.3 Å². The molecule has 3 aliphatic heterocycles. The van der Waals surface area contributed by atoms with Gasteiger partial charge in [0.2, 0.25) is 17.7 Å². The molecule has 3 aliphatic rings. The van der Waals surface area contributed by atoms with Crippen molar-refractivity contribution < 1.29 is 18.8 Å². The zero-order chi connectivity index (χ0) is 25.5. The Morgan fingerprint density at radius 1 is 0.946 bits per heavy atom. The molecule has 2 saturated heterocycles. The summed E-state index contributed by atoms with van der Waals surface area (Å²) in [6.07, 6.45) is 2.30. The van der Waals surface area contributed by atoms with E-state index in [4.69, 9.17) is 11.6 Å². The number of aromatic amines is 1. The third-order valence-electron chi connectivity index (χ3n) is 7.90. The van der Waals surface area contributed by atoms with Gasteiger partial charge >= 0.3 is 0 Å². The largest absolute Gasteiger partial charge is 0.361 e. The van der Waals surface area contributed by atoms with Gasteiger partial charge in [-0.15, -0.1) is 0 Å². The monoisotopic (exact) mass is 514 g/mol. The number of rotatable bonds is 3.